The molecular formula is C9H8ClNO2. The van der Waals surface area contributed by atoms with Crippen LogP contribution in [-0.2, 0) is 0 Å². The summed E-state index contributed by atoms with van der Waals surface area (Å²) >= 11 is 5.67. The molecule has 68 valence electrons. The third-order valence-corrected chi connectivity index (χ3v) is 1.85. The molecule has 0 bridgehead atoms. The van der Waals surface area contributed by atoms with Crippen LogP contribution < -0.4 is 0 Å². The number of allylic oxidation sites excluding steroid dienone is 1. The summed E-state index contributed by atoms with van der Waals surface area (Å²) < 4.78 is 0. The van der Waals surface area contributed by atoms with E-state index in [-0.39, 0.29) is 0 Å². The number of hydrogen-bond donors (Lipinski definition) is 0. The van der Waals surface area contributed by atoms with Gasteiger partial charge in [0.15, 0.2) is 0 Å². The summed E-state index contributed by atoms with van der Waals surface area (Å²) in [5.41, 5.74) is 1.42. The maximum Gasteiger partial charge on any atom is 0.237 e. The normalized spacial score (nSPS) is 11.4. The van der Waals surface area contributed by atoms with Crippen LogP contribution in [0.3, 0.4) is 0 Å². The zero-order chi connectivity index (χ0) is 9.84. The molecule has 0 saturated carbocycles. The lowest BCUT2D eigenvalue weighted by molar-refractivity contribution is -0.401. The van der Waals surface area contributed by atoms with E-state index < -0.39 is 4.92 Å². The second-order valence-electron chi connectivity index (χ2n) is 2.60. The maximum absolute atomic E-state index is 10.2. The second-order valence-corrected chi connectivity index (χ2v) is 3.04. The number of rotatable bonds is 2. The Labute approximate surface area is 80.8 Å². The first-order chi connectivity index (χ1) is 6.09. The molecule has 0 radical (unpaired) electrons. The lowest BCUT2D eigenvalue weighted by Gasteiger charge is -1.97. The van der Waals surface area contributed by atoms with Gasteiger partial charge in [-0.3, -0.25) is 10.1 Å². The fraction of sp³-hybridized carbons (Fsp3) is 0.111. The van der Waals surface area contributed by atoms with Crippen LogP contribution in [0.4, 0.5) is 0 Å². The zero-order valence-electron chi connectivity index (χ0n) is 7.03. The van der Waals surface area contributed by atoms with Gasteiger partial charge in [0.1, 0.15) is 0 Å². The molecule has 0 unspecified atom stereocenters. The molecule has 0 amide bonds. The minimum atomic E-state index is -0.468. The number of nitrogens with zero attached hydrogens (tertiary/aromatic N) is 1. The van der Waals surface area contributed by atoms with Crippen molar-refractivity contribution in [2.45, 2.75) is 6.92 Å². The van der Waals surface area contributed by atoms with Crippen molar-refractivity contribution in [3.8, 4) is 0 Å². The Hall–Kier alpha value is -1.35. The van der Waals surface area contributed by atoms with E-state index in [0.29, 0.717) is 10.6 Å². The average molecular weight is 198 g/mol. The third kappa shape index (κ3) is 2.87. The van der Waals surface area contributed by atoms with Crippen LogP contribution in [0.5, 0.6) is 0 Å². The average Bonchev–Trinajstić information content (AvgIpc) is 2.04. The summed E-state index contributed by atoms with van der Waals surface area (Å²) in [6.45, 7) is 1.69. The van der Waals surface area contributed by atoms with E-state index in [9.17, 15) is 10.1 Å². The van der Waals surface area contributed by atoms with E-state index in [0.717, 1.165) is 11.8 Å². The molecule has 13 heavy (non-hydrogen) atoms. The predicted octanol–water partition coefficient (Wildman–Crippen LogP) is 2.98. The molecule has 0 aliphatic carbocycles. The summed E-state index contributed by atoms with van der Waals surface area (Å²) in [6.07, 6.45) is 0.975. The van der Waals surface area contributed by atoms with Crippen molar-refractivity contribution in [2.75, 3.05) is 0 Å². The quantitative estimate of drug-likeness (QED) is 0.540. The van der Waals surface area contributed by atoms with Crippen molar-refractivity contribution in [1.82, 2.24) is 0 Å². The highest BCUT2D eigenvalue weighted by Gasteiger charge is 1.99. The summed E-state index contributed by atoms with van der Waals surface area (Å²) in [4.78, 5) is 9.68. The van der Waals surface area contributed by atoms with Crippen LogP contribution in [0.1, 0.15) is 12.5 Å². The van der Waals surface area contributed by atoms with Gasteiger partial charge in [-0.25, -0.2) is 0 Å². The van der Waals surface area contributed by atoms with Gasteiger partial charge in [-0.1, -0.05) is 23.7 Å². The molecule has 0 atom stereocenters. The second kappa shape index (κ2) is 4.05. The highest BCUT2D eigenvalue weighted by Crippen LogP contribution is 2.16. The van der Waals surface area contributed by atoms with E-state index in [1.54, 1.807) is 31.2 Å². The van der Waals surface area contributed by atoms with Crippen molar-refractivity contribution >= 4 is 17.2 Å². The van der Waals surface area contributed by atoms with Gasteiger partial charge >= 0.3 is 0 Å². The first kappa shape index (κ1) is 9.74. The number of halogens is 1. The van der Waals surface area contributed by atoms with Crippen molar-refractivity contribution in [3.05, 3.63) is 51.2 Å². The Morgan fingerprint density at radius 1 is 1.46 bits per heavy atom. The summed E-state index contributed by atoms with van der Waals surface area (Å²) in [7, 11) is 0. The Balaban J connectivity index is 2.96. The molecule has 1 rings (SSSR count). The molecule has 4 heteroatoms. The Bertz CT molecular complexity index is 343. The van der Waals surface area contributed by atoms with Crippen LogP contribution >= 0.6 is 11.6 Å². The molecule has 3 nitrogen and oxygen atoms in total. The fourth-order valence-electron chi connectivity index (χ4n) is 0.945. The van der Waals surface area contributed by atoms with E-state index >= 15 is 0 Å². The van der Waals surface area contributed by atoms with E-state index in [2.05, 4.69) is 0 Å². The highest BCUT2D eigenvalue weighted by molar-refractivity contribution is 6.30. The van der Waals surface area contributed by atoms with Gasteiger partial charge in [-0.2, -0.15) is 0 Å². The van der Waals surface area contributed by atoms with E-state index in [1.807, 2.05) is 0 Å². The molecular weight excluding hydrogens is 190 g/mol. The molecule has 0 aliphatic heterocycles. The standard InChI is InChI=1S/C9H8ClNO2/c1-7(6-11(12)13)8-2-4-9(10)5-3-8/h2-6H,1H3. The van der Waals surface area contributed by atoms with Crippen molar-refractivity contribution in [3.63, 3.8) is 0 Å². The fourth-order valence-corrected chi connectivity index (χ4v) is 1.07. The first-order valence-corrected chi connectivity index (χ1v) is 4.05. The van der Waals surface area contributed by atoms with Gasteiger partial charge in [-0.05, 0) is 24.6 Å². The smallest absolute Gasteiger partial charge is 0.237 e. The van der Waals surface area contributed by atoms with E-state index in [4.69, 9.17) is 11.6 Å². The van der Waals surface area contributed by atoms with Crippen molar-refractivity contribution in [1.29, 1.82) is 0 Å². The minimum Gasteiger partial charge on any atom is -0.259 e. The minimum absolute atomic E-state index is 0.468. The first-order valence-electron chi connectivity index (χ1n) is 3.67. The Kier molecular flexibility index (Phi) is 3.03. The predicted molar refractivity (Wildman–Crippen MR) is 52.1 cm³/mol. The molecule has 0 saturated heterocycles. The van der Waals surface area contributed by atoms with Gasteiger partial charge in [0, 0.05) is 10.6 Å². The lowest BCUT2D eigenvalue weighted by atomic mass is 10.1. The summed E-state index contributed by atoms with van der Waals surface area (Å²) in [6, 6.07) is 6.90. The SMILES string of the molecule is CC(=C[N+](=O)[O-])c1ccc(Cl)cc1. The van der Waals surface area contributed by atoms with Gasteiger partial charge in [-0.15, -0.1) is 0 Å². The molecule has 0 N–H and O–H groups in total. The summed E-state index contributed by atoms with van der Waals surface area (Å²) in [5, 5.41) is 10.8. The molecule has 0 fully saturated rings. The Morgan fingerprint density at radius 3 is 2.46 bits per heavy atom. The molecule has 1 aromatic rings. The van der Waals surface area contributed by atoms with Gasteiger partial charge < -0.3 is 0 Å². The molecule has 0 spiro atoms. The van der Waals surface area contributed by atoms with Crippen LogP contribution in [0.2, 0.25) is 5.02 Å². The maximum atomic E-state index is 10.2. The van der Waals surface area contributed by atoms with Crippen LogP contribution in [-0.4, -0.2) is 4.92 Å². The largest absolute Gasteiger partial charge is 0.259 e. The van der Waals surface area contributed by atoms with Gasteiger partial charge in [0.2, 0.25) is 6.20 Å². The lowest BCUT2D eigenvalue weighted by Crippen LogP contribution is -1.87. The molecule has 0 aliphatic rings. The van der Waals surface area contributed by atoms with Crippen LogP contribution in [0.15, 0.2) is 30.5 Å². The van der Waals surface area contributed by atoms with Crippen molar-refractivity contribution in [2.24, 2.45) is 0 Å². The summed E-state index contributed by atoms with van der Waals surface area (Å²) in [5.74, 6) is 0. The third-order valence-electron chi connectivity index (χ3n) is 1.60. The number of nitro groups is 1. The highest BCUT2D eigenvalue weighted by atomic mass is 35.5. The van der Waals surface area contributed by atoms with Gasteiger partial charge in [0.05, 0.1) is 4.92 Å². The topological polar surface area (TPSA) is 43.1 Å². The Morgan fingerprint density at radius 2 is 2.00 bits per heavy atom. The molecule has 0 aromatic heterocycles. The number of hydrogen-bond acceptors (Lipinski definition) is 2. The van der Waals surface area contributed by atoms with Crippen LogP contribution in [0.25, 0.3) is 5.57 Å². The zero-order valence-corrected chi connectivity index (χ0v) is 7.78. The van der Waals surface area contributed by atoms with E-state index in [1.165, 1.54) is 0 Å². The van der Waals surface area contributed by atoms with Crippen LogP contribution in [0, 0.1) is 10.1 Å². The molecule has 0 heterocycles. The monoisotopic (exact) mass is 197 g/mol. The van der Waals surface area contributed by atoms with Crippen molar-refractivity contribution < 1.29 is 4.92 Å². The van der Waals surface area contributed by atoms with Gasteiger partial charge in [0.25, 0.3) is 0 Å². The molecule has 1 aromatic carbocycles. The number of benzene rings is 1.